The van der Waals surface area contributed by atoms with Gasteiger partial charge in [-0.1, -0.05) is 47.5 Å². The van der Waals surface area contributed by atoms with Crippen LogP contribution in [-0.2, 0) is 0 Å². The lowest BCUT2D eigenvalue weighted by atomic mass is 9.95. The number of hydrogen-bond donors (Lipinski definition) is 1. The smallest absolute Gasteiger partial charge is 0.219 e. The molecular weight excluding hydrogens is 337 g/mol. The third-order valence-corrected chi connectivity index (χ3v) is 4.19. The molecule has 118 valence electrons. The van der Waals surface area contributed by atoms with Crippen LogP contribution in [0.5, 0.6) is 0 Å². The number of benzene rings is 1. The zero-order chi connectivity index (χ0) is 17.1. The number of rotatable bonds is 0. The number of nitrogens with one attached hydrogen (secondary N) is 1. The fourth-order valence-electron chi connectivity index (χ4n) is 2.07. The Balaban J connectivity index is 0.000000168. The standard InChI is InChI=1S/C10H6O2.C7H7Cl2NO/c11-9-5-6-10(12)8-4-2-1-3-7(8)9;1-3-5(8)7(11)6(9)4(2)10-3/h1-6H;1-2H3,(H,10,11). The Labute approximate surface area is 142 Å². The summed E-state index contributed by atoms with van der Waals surface area (Å²) in [5, 5.41) is 0.334. The van der Waals surface area contributed by atoms with Crippen molar-refractivity contribution in [1.29, 1.82) is 0 Å². The summed E-state index contributed by atoms with van der Waals surface area (Å²) in [5.41, 5.74) is 2.01. The molecule has 0 saturated carbocycles. The molecule has 0 fully saturated rings. The van der Waals surface area contributed by atoms with Gasteiger partial charge in [0.1, 0.15) is 10.0 Å². The van der Waals surface area contributed by atoms with Crippen LogP contribution < -0.4 is 5.43 Å². The maximum absolute atomic E-state index is 11.2. The Morgan fingerprint density at radius 3 is 1.57 bits per heavy atom. The average Bonchev–Trinajstić information content (AvgIpc) is 2.55. The molecule has 0 saturated heterocycles. The maximum Gasteiger partial charge on any atom is 0.219 e. The number of H-pyrrole nitrogens is 1. The highest BCUT2D eigenvalue weighted by molar-refractivity contribution is 6.35. The Kier molecular flexibility index (Phi) is 5.19. The van der Waals surface area contributed by atoms with Crippen LogP contribution in [0, 0.1) is 13.8 Å². The molecule has 1 N–H and O–H groups in total. The van der Waals surface area contributed by atoms with E-state index >= 15 is 0 Å². The van der Waals surface area contributed by atoms with Crippen molar-refractivity contribution < 1.29 is 9.59 Å². The molecule has 0 amide bonds. The lowest BCUT2D eigenvalue weighted by molar-refractivity contribution is 0.0994. The number of ketones is 2. The predicted octanol–water partition coefficient (Wildman–Crippen LogP) is 3.92. The molecule has 1 aliphatic carbocycles. The molecule has 6 heteroatoms. The van der Waals surface area contributed by atoms with Gasteiger partial charge in [0, 0.05) is 22.5 Å². The summed E-state index contributed by atoms with van der Waals surface area (Å²) in [5.74, 6) is -0.185. The largest absolute Gasteiger partial charge is 0.360 e. The fourth-order valence-corrected chi connectivity index (χ4v) is 2.40. The van der Waals surface area contributed by atoms with Crippen molar-refractivity contribution >= 4 is 34.8 Å². The van der Waals surface area contributed by atoms with Crippen molar-refractivity contribution in [2.75, 3.05) is 0 Å². The van der Waals surface area contributed by atoms with Crippen LogP contribution >= 0.6 is 23.2 Å². The molecule has 0 radical (unpaired) electrons. The lowest BCUT2D eigenvalue weighted by Crippen LogP contribution is -2.10. The molecule has 1 heterocycles. The van der Waals surface area contributed by atoms with E-state index in [1.807, 2.05) is 0 Å². The summed E-state index contributed by atoms with van der Waals surface area (Å²) in [6.07, 6.45) is 2.62. The van der Waals surface area contributed by atoms with E-state index < -0.39 is 0 Å². The summed E-state index contributed by atoms with van der Waals surface area (Å²) in [6.45, 7) is 3.46. The summed E-state index contributed by atoms with van der Waals surface area (Å²) in [6, 6.07) is 6.84. The van der Waals surface area contributed by atoms with E-state index in [0.29, 0.717) is 22.5 Å². The van der Waals surface area contributed by atoms with Crippen LogP contribution in [0.3, 0.4) is 0 Å². The van der Waals surface area contributed by atoms with Gasteiger partial charge in [-0.3, -0.25) is 14.4 Å². The van der Waals surface area contributed by atoms with Crippen LogP contribution in [0.15, 0.2) is 41.2 Å². The first-order valence-corrected chi connectivity index (χ1v) is 7.48. The lowest BCUT2D eigenvalue weighted by Gasteiger charge is -2.06. The molecular formula is C17H13Cl2NO3. The van der Waals surface area contributed by atoms with Crippen LogP contribution in [-0.4, -0.2) is 16.6 Å². The first kappa shape index (κ1) is 17.2. The summed E-state index contributed by atoms with van der Waals surface area (Å²) in [7, 11) is 0. The van der Waals surface area contributed by atoms with E-state index in [2.05, 4.69) is 4.98 Å². The van der Waals surface area contributed by atoms with Gasteiger partial charge >= 0.3 is 0 Å². The van der Waals surface area contributed by atoms with E-state index in [9.17, 15) is 14.4 Å². The van der Waals surface area contributed by atoms with Crippen molar-refractivity contribution in [3.05, 3.63) is 79.2 Å². The van der Waals surface area contributed by atoms with Gasteiger partial charge in [0.15, 0.2) is 11.6 Å². The molecule has 0 unspecified atom stereocenters. The third-order valence-electron chi connectivity index (χ3n) is 3.28. The molecule has 0 bridgehead atoms. The van der Waals surface area contributed by atoms with Gasteiger partial charge in [-0.25, -0.2) is 0 Å². The highest BCUT2D eigenvalue weighted by Crippen LogP contribution is 2.15. The number of hydrogen-bond acceptors (Lipinski definition) is 3. The van der Waals surface area contributed by atoms with Gasteiger partial charge in [-0.05, 0) is 26.0 Å². The summed E-state index contributed by atoms with van der Waals surface area (Å²) >= 11 is 11.3. The molecule has 0 atom stereocenters. The van der Waals surface area contributed by atoms with E-state index in [4.69, 9.17) is 23.2 Å². The van der Waals surface area contributed by atoms with E-state index in [1.54, 1.807) is 38.1 Å². The number of fused-ring (bicyclic) bond motifs is 1. The van der Waals surface area contributed by atoms with Crippen molar-refractivity contribution in [2.24, 2.45) is 0 Å². The van der Waals surface area contributed by atoms with E-state index in [1.165, 1.54) is 12.2 Å². The second-order valence-corrected chi connectivity index (χ2v) is 5.70. The van der Waals surface area contributed by atoms with E-state index in [-0.39, 0.29) is 27.0 Å². The number of aromatic nitrogens is 1. The van der Waals surface area contributed by atoms with E-state index in [0.717, 1.165) is 0 Å². The average molecular weight is 350 g/mol. The van der Waals surface area contributed by atoms with Gasteiger partial charge < -0.3 is 4.98 Å². The second-order valence-electron chi connectivity index (χ2n) is 4.94. The van der Waals surface area contributed by atoms with Gasteiger partial charge in [0.2, 0.25) is 5.43 Å². The molecule has 1 aromatic carbocycles. The fraction of sp³-hybridized carbons (Fsp3) is 0.118. The van der Waals surface area contributed by atoms with Crippen molar-refractivity contribution in [3.8, 4) is 0 Å². The number of pyridine rings is 1. The number of halogens is 2. The SMILES string of the molecule is Cc1[nH]c(C)c(Cl)c(=O)c1Cl.O=C1C=CC(=O)c2ccccc21. The van der Waals surface area contributed by atoms with Crippen molar-refractivity contribution in [1.82, 2.24) is 4.98 Å². The monoisotopic (exact) mass is 349 g/mol. The number of aromatic amines is 1. The minimum Gasteiger partial charge on any atom is -0.360 e. The summed E-state index contributed by atoms with van der Waals surface area (Å²) < 4.78 is 0. The molecule has 3 rings (SSSR count). The van der Waals surface area contributed by atoms with Gasteiger partial charge in [-0.2, -0.15) is 0 Å². The van der Waals surface area contributed by atoms with Crippen LogP contribution in [0.2, 0.25) is 10.0 Å². The molecule has 1 aliphatic rings. The predicted molar refractivity (Wildman–Crippen MR) is 90.8 cm³/mol. The zero-order valence-electron chi connectivity index (χ0n) is 12.4. The highest BCUT2D eigenvalue weighted by atomic mass is 35.5. The minimum absolute atomic E-state index is 0.0924. The zero-order valence-corrected chi connectivity index (χ0v) is 14.0. The molecule has 0 aliphatic heterocycles. The first-order valence-electron chi connectivity index (χ1n) is 6.73. The van der Waals surface area contributed by atoms with Crippen molar-refractivity contribution in [3.63, 3.8) is 0 Å². The number of carbonyl (C=O) groups excluding carboxylic acids is 2. The molecule has 23 heavy (non-hydrogen) atoms. The molecule has 0 spiro atoms. The van der Waals surface area contributed by atoms with Gasteiger partial charge in [0.05, 0.1) is 0 Å². The normalized spacial score (nSPS) is 12.5. The maximum atomic E-state index is 11.2. The minimum atomic E-state index is -0.304. The Bertz CT molecular complexity index is 816. The third kappa shape index (κ3) is 3.60. The van der Waals surface area contributed by atoms with Gasteiger partial charge in [0.25, 0.3) is 0 Å². The van der Waals surface area contributed by atoms with Crippen LogP contribution in [0.25, 0.3) is 0 Å². The quantitative estimate of drug-likeness (QED) is 0.783. The number of aryl methyl sites for hydroxylation is 2. The molecule has 4 nitrogen and oxygen atoms in total. The Morgan fingerprint density at radius 2 is 1.17 bits per heavy atom. The second kappa shape index (κ2) is 6.94. The molecule has 1 aromatic heterocycles. The van der Waals surface area contributed by atoms with Crippen LogP contribution in [0.1, 0.15) is 32.1 Å². The van der Waals surface area contributed by atoms with Crippen molar-refractivity contribution in [2.45, 2.75) is 13.8 Å². The first-order chi connectivity index (χ1) is 10.8. The highest BCUT2D eigenvalue weighted by Gasteiger charge is 2.17. The summed E-state index contributed by atoms with van der Waals surface area (Å²) in [4.78, 5) is 36.4. The Hall–Kier alpha value is -2.17. The number of allylic oxidation sites excluding steroid dienone is 2. The Morgan fingerprint density at radius 1 is 0.783 bits per heavy atom. The number of carbonyl (C=O) groups is 2. The van der Waals surface area contributed by atoms with Crippen LogP contribution in [0.4, 0.5) is 0 Å². The topological polar surface area (TPSA) is 67.0 Å². The molecule has 2 aromatic rings. The van der Waals surface area contributed by atoms with Gasteiger partial charge in [-0.15, -0.1) is 0 Å².